The van der Waals surface area contributed by atoms with Gasteiger partial charge < -0.3 is 4.90 Å². The van der Waals surface area contributed by atoms with Gasteiger partial charge >= 0.3 is 6.18 Å². The molecule has 1 amide bonds. The monoisotopic (exact) mass is 297 g/mol. The normalized spacial score (nSPS) is 16.9. The van der Waals surface area contributed by atoms with Crippen molar-refractivity contribution in [1.82, 2.24) is 4.90 Å². The molecule has 21 heavy (non-hydrogen) atoms. The fraction of sp³-hybridized carbons (Fsp3) is 0.438. The topological polar surface area (TPSA) is 20.3 Å². The molecule has 1 aliphatic heterocycles. The van der Waals surface area contributed by atoms with Crippen molar-refractivity contribution >= 4 is 12.0 Å². The minimum absolute atomic E-state index is 0.0185. The molecule has 2 rings (SSSR count). The number of halogens is 3. The summed E-state index contributed by atoms with van der Waals surface area (Å²) in [5.74, 6) is -1.50. The molecule has 0 spiro atoms. The lowest BCUT2D eigenvalue weighted by Crippen LogP contribution is -2.42. The molecule has 0 N–H and O–H groups in total. The average Bonchev–Trinajstić information content (AvgIpc) is 2.45. The van der Waals surface area contributed by atoms with Crippen LogP contribution in [0, 0.1) is 12.8 Å². The standard InChI is InChI=1S/C16H18F3NO/c1-3-12-8-11(2)9-13(10-12)15(21)20-6-4-14(5-7-20)16(17,18)19/h3,8-10,14H,1,4-7H2,2H3. The van der Waals surface area contributed by atoms with Crippen LogP contribution in [0.25, 0.3) is 6.08 Å². The first-order valence-electron chi connectivity index (χ1n) is 6.91. The lowest BCUT2D eigenvalue weighted by molar-refractivity contribution is -0.183. The van der Waals surface area contributed by atoms with E-state index in [1.165, 1.54) is 4.90 Å². The Bertz CT molecular complexity index is 543. The van der Waals surface area contributed by atoms with E-state index in [2.05, 4.69) is 6.58 Å². The summed E-state index contributed by atoms with van der Waals surface area (Å²) in [6, 6.07) is 5.38. The quantitative estimate of drug-likeness (QED) is 0.806. The van der Waals surface area contributed by atoms with Crippen LogP contribution >= 0.6 is 0 Å². The number of piperidine rings is 1. The molecule has 0 bridgehead atoms. The highest BCUT2D eigenvalue weighted by molar-refractivity contribution is 5.95. The molecule has 0 aromatic heterocycles. The summed E-state index contributed by atoms with van der Waals surface area (Å²) in [5.41, 5.74) is 2.28. The summed E-state index contributed by atoms with van der Waals surface area (Å²) in [6.45, 7) is 5.85. The first-order valence-corrected chi connectivity index (χ1v) is 6.91. The second-order valence-corrected chi connectivity index (χ2v) is 5.44. The molecule has 0 atom stereocenters. The number of hydrogen-bond acceptors (Lipinski definition) is 1. The van der Waals surface area contributed by atoms with Crippen LogP contribution in [-0.2, 0) is 0 Å². The van der Waals surface area contributed by atoms with Gasteiger partial charge in [0.2, 0.25) is 0 Å². The predicted octanol–water partition coefficient (Wildman–Crippen LogP) is 4.05. The molecule has 1 aromatic rings. The van der Waals surface area contributed by atoms with Crippen LogP contribution in [0.15, 0.2) is 24.8 Å². The van der Waals surface area contributed by atoms with E-state index in [4.69, 9.17) is 0 Å². The fourth-order valence-electron chi connectivity index (χ4n) is 2.65. The maximum absolute atomic E-state index is 12.6. The number of hydrogen-bond donors (Lipinski definition) is 0. The van der Waals surface area contributed by atoms with Gasteiger partial charge in [0.15, 0.2) is 0 Å². The van der Waals surface area contributed by atoms with Gasteiger partial charge in [0.1, 0.15) is 0 Å². The zero-order chi connectivity index (χ0) is 15.6. The van der Waals surface area contributed by atoms with Crippen molar-refractivity contribution in [2.45, 2.75) is 25.9 Å². The third-order valence-corrected chi connectivity index (χ3v) is 3.83. The van der Waals surface area contributed by atoms with Crippen LogP contribution in [0.2, 0.25) is 0 Å². The van der Waals surface area contributed by atoms with Crippen LogP contribution in [0.3, 0.4) is 0 Å². The molecule has 0 radical (unpaired) electrons. The van der Waals surface area contributed by atoms with Crippen molar-refractivity contribution in [3.63, 3.8) is 0 Å². The van der Waals surface area contributed by atoms with E-state index in [1.54, 1.807) is 18.2 Å². The number of carbonyl (C=O) groups is 1. The van der Waals surface area contributed by atoms with Crippen LogP contribution in [0.5, 0.6) is 0 Å². The summed E-state index contributed by atoms with van der Waals surface area (Å²) in [5, 5.41) is 0. The molecule has 1 aromatic carbocycles. The van der Waals surface area contributed by atoms with Crippen LogP contribution in [0.1, 0.15) is 34.3 Å². The van der Waals surface area contributed by atoms with Gasteiger partial charge in [-0.1, -0.05) is 18.7 Å². The first-order chi connectivity index (χ1) is 9.81. The molecule has 1 heterocycles. The highest BCUT2D eigenvalue weighted by atomic mass is 19.4. The van der Waals surface area contributed by atoms with E-state index in [0.29, 0.717) is 5.56 Å². The van der Waals surface area contributed by atoms with Crippen molar-refractivity contribution in [3.05, 3.63) is 41.5 Å². The molecule has 2 nitrogen and oxygen atoms in total. The van der Waals surface area contributed by atoms with Gasteiger partial charge in [-0.05, 0) is 43.0 Å². The zero-order valence-electron chi connectivity index (χ0n) is 11.9. The maximum atomic E-state index is 12.6. The molecule has 0 saturated carbocycles. The molecule has 114 valence electrons. The van der Waals surface area contributed by atoms with E-state index < -0.39 is 12.1 Å². The van der Waals surface area contributed by atoms with Gasteiger partial charge in [0.25, 0.3) is 5.91 Å². The summed E-state index contributed by atoms with van der Waals surface area (Å²) < 4.78 is 37.9. The Kier molecular flexibility index (Phi) is 4.40. The minimum Gasteiger partial charge on any atom is -0.339 e. The Morgan fingerprint density at radius 1 is 1.29 bits per heavy atom. The number of amides is 1. The smallest absolute Gasteiger partial charge is 0.339 e. The third-order valence-electron chi connectivity index (χ3n) is 3.83. The van der Waals surface area contributed by atoms with Crippen molar-refractivity contribution in [1.29, 1.82) is 0 Å². The number of carbonyl (C=O) groups excluding carboxylic acids is 1. The number of benzene rings is 1. The van der Waals surface area contributed by atoms with Crippen LogP contribution in [0.4, 0.5) is 13.2 Å². The van der Waals surface area contributed by atoms with Gasteiger partial charge in [0, 0.05) is 18.7 Å². The number of alkyl halides is 3. The molecule has 5 heteroatoms. The highest BCUT2D eigenvalue weighted by Gasteiger charge is 2.41. The second kappa shape index (κ2) is 5.92. The molecule has 0 unspecified atom stereocenters. The molecule has 1 aliphatic rings. The second-order valence-electron chi connectivity index (χ2n) is 5.44. The Balaban J connectivity index is 2.09. The van der Waals surface area contributed by atoms with Gasteiger partial charge in [-0.15, -0.1) is 0 Å². The van der Waals surface area contributed by atoms with Crippen molar-refractivity contribution in [2.24, 2.45) is 5.92 Å². The van der Waals surface area contributed by atoms with Gasteiger partial charge in [-0.3, -0.25) is 4.79 Å². The Labute approximate surface area is 122 Å². The van der Waals surface area contributed by atoms with Crippen LogP contribution < -0.4 is 0 Å². The lowest BCUT2D eigenvalue weighted by Gasteiger charge is -2.33. The Morgan fingerprint density at radius 2 is 1.90 bits per heavy atom. The van der Waals surface area contributed by atoms with Crippen molar-refractivity contribution in [3.8, 4) is 0 Å². The fourth-order valence-corrected chi connectivity index (χ4v) is 2.65. The number of rotatable bonds is 2. The number of likely N-dealkylation sites (tertiary alicyclic amines) is 1. The number of nitrogens with zero attached hydrogens (tertiary/aromatic N) is 1. The number of aryl methyl sites for hydroxylation is 1. The lowest BCUT2D eigenvalue weighted by atomic mass is 9.95. The molecule has 1 saturated heterocycles. The van der Waals surface area contributed by atoms with E-state index in [1.807, 2.05) is 13.0 Å². The molecule has 1 fully saturated rings. The summed E-state index contributed by atoms with van der Waals surface area (Å²) in [7, 11) is 0. The van der Waals surface area contributed by atoms with Crippen molar-refractivity contribution < 1.29 is 18.0 Å². The molecular formula is C16H18F3NO. The van der Waals surface area contributed by atoms with Gasteiger partial charge in [0.05, 0.1) is 5.92 Å². The minimum atomic E-state index is -4.16. The SMILES string of the molecule is C=Cc1cc(C)cc(C(=O)N2CCC(C(F)(F)F)CC2)c1. The summed E-state index contributed by atoms with van der Waals surface area (Å²) >= 11 is 0. The average molecular weight is 297 g/mol. The van der Waals surface area contributed by atoms with Crippen LogP contribution in [-0.4, -0.2) is 30.1 Å². The summed E-state index contributed by atoms with van der Waals surface area (Å²) in [6.07, 6.45) is -2.54. The zero-order valence-corrected chi connectivity index (χ0v) is 11.9. The van der Waals surface area contributed by atoms with E-state index in [-0.39, 0.29) is 31.8 Å². The van der Waals surface area contributed by atoms with E-state index in [9.17, 15) is 18.0 Å². The Hall–Kier alpha value is -1.78. The Morgan fingerprint density at radius 3 is 2.43 bits per heavy atom. The van der Waals surface area contributed by atoms with E-state index >= 15 is 0 Å². The predicted molar refractivity (Wildman–Crippen MR) is 76.0 cm³/mol. The molecule has 0 aliphatic carbocycles. The van der Waals surface area contributed by atoms with Gasteiger partial charge in [-0.2, -0.15) is 13.2 Å². The third kappa shape index (κ3) is 3.65. The maximum Gasteiger partial charge on any atom is 0.391 e. The summed E-state index contributed by atoms with van der Waals surface area (Å²) in [4.78, 5) is 13.9. The van der Waals surface area contributed by atoms with Crippen molar-refractivity contribution in [2.75, 3.05) is 13.1 Å². The first kappa shape index (κ1) is 15.6. The van der Waals surface area contributed by atoms with Gasteiger partial charge in [-0.25, -0.2) is 0 Å². The molecular weight excluding hydrogens is 279 g/mol. The highest BCUT2D eigenvalue weighted by Crippen LogP contribution is 2.34. The van der Waals surface area contributed by atoms with E-state index in [0.717, 1.165) is 11.1 Å². The largest absolute Gasteiger partial charge is 0.391 e.